The lowest BCUT2D eigenvalue weighted by Gasteiger charge is -1.96. The maximum Gasteiger partial charge on any atom is 0.351 e. The second-order valence-corrected chi connectivity index (χ2v) is 2.78. The van der Waals surface area contributed by atoms with Gasteiger partial charge in [0.15, 0.2) is 5.78 Å². The fourth-order valence-corrected chi connectivity index (χ4v) is 0.900. The Morgan fingerprint density at radius 2 is 1.80 bits per heavy atom. The number of aliphatic carboxylic acids is 1. The van der Waals surface area contributed by atoms with Crippen LogP contribution in [-0.4, -0.2) is 16.9 Å². The first kappa shape index (κ1) is 10.9. The molecular formula is C10H8FNO3. The average molecular weight is 209 g/mol. The van der Waals surface area contributed by atoms with Gasteiger partial charge >= 0.3 is 5.97 Å². The smallest absolute Gasteiger partial charge is 0.351 e. The molecule has 0 aliphatic carbocycles. The Kier molecular flexibility index (Phi) is 3.17. The van der Waals surface area contributed by atoms with E-state index in [0.29, 0.717) is 0 Å². The number of rotatable bonds is 3. The quantitative estimate of drug-likeness (QED) is 0.573. The van der Waals surface area contributed by atoms with E-state index >= 15 is 0 Å². The fraction of sp³-hybridized carbons (Fsp3) is 0. The highest BCUT2D eigenvalue weighted by atomic mass is 19.1. The fourth-order valence-electron chi connectivity index (χ4n) is 0.900. The van der Waals surface area contributed by atoms with Gasteiger partial charge in [0, 0.05) is 11.6 Å². The van der Waals surface area contributed by atoms with Crippen LogP contribution in [-0.2, 0) is 4.79 Å². The van der Waals surface area contributed by atoms with E-state index in [0.717, 1.165) is 18.2 Å². The molecule has 0 unspecified atom stereocenters. The zero-order chi connectivity index (χ0) is 11.4. The van der Waals surface area contributed by atoms with E-state index in [1.807, 2.05) is 0 Å². The largest absolute Gasteiger partial charge is 0.477 e. The minimum Gasteiger partial charge on any atom is -0.477 e. The van der Waals surface area contributed by atoms with Crippen LogP contribution < -0.4 is 5.73 Å². The first-order valence-electron chi connectivity index (χ1n) is 4.01. The van der Waals surface area contributed by atoms with Gasteiger partial charge in [-0.2, -0.15) is 0 Å². The number of carbonyl (C=O) groups excluding carboxylic acids is 1. The molecule has 0 atom stereocenters. The monoisotopic (exact) mass is 209 g/mol. The zero-order valence-corrected chi connectivity index (χ0v) is 7.61. The molecule has 0 aliphatic rings. The van der Waals surface area contributed by atoms with E-state index < -0.39 is 23.3 Å². The van der Waals surface area contributed by atoms with Crippen molar-refractivity contribution in [2.24, 2.45) is 5.73 Å². The predicted octanol–water partition coefficient (Wildman–Crippen LogP) is 0.936. The van der Waals surface area contributed by atoms with Crippen LogP contribution >= 0.6 is 0 Å². The van der Waals surface area contributed by atoms with Crippen LogP contribution in [0.15, 0.2) is 36.0 Å². The summed E-state index contributed by atoms with van der Waals surface area (Å²) in [4.78, 5) is 21.6. The van der Waals surface area contributed by atoms with Crippen molar-refractivity contribution in [1.82, 2.24) is 0 Å². The lowest BCUT2D eigenvalue weighted by atomic mass is 10.1. The number of ketones is 1. The molecule has 0 heterocycles. The van der Waals surface area contributed by atoms with E-state index in [9.17, 15) is 14.0 Å². The molecular weight excluding hydrogens is 201 g/mol. The average Bonchev–Trinajstić information content (AvgIpc) is 2.18. The van der Waals surface area contributed by atoms with Gasteiger partial charge < -0.3 is 10.8 Å². The molecule has 15 heavy (non-hydrogen) atoms. The Hall–Kier alpha value is -2.17. The highest BCUT2D eigenvalue weighted by Gasteiger charge is 2.07. The maximum absolute atomic E-state index is 12.5. The first-order chi connectivity index (χ1) is 7.00. The van der Waals surface area contributed by atoms with Crippen LogP contribution in [0.4, 0.5) is 4.39 Å². The molecule has 0 radical (unpaired) electrons. The minimum absolute atomic E-state index is 0.181. The van der Waals surface area contributed by atoms with Crippen molar-refractivity contribution in [2.75, 3.05) is 0 Å². The van der Waals surface area contributed by atoms with Crippen molar-refractivity contribution in [3.05, 3.63) is 47.4 Å². The van der Waals surface area contributed by atoms with Crippen LogP contribution in [0, 0.1) is 5.82 Å². The Morgan fingerprint density at radius 1 is 1.27 bits per heavy atom. The number of halogens is 1. The number of carboxylic acids is 1. The van der Waals surface area contributed by atoms with Crippen LogP contribution in [0.2, 0.25) is 0 Å². The number of benzene rings is 1. The summed E-state index contributed by atoms with van der Waals surface area (Å²) in [5.41, 5.74) is 4.68. The van der Waals surface area contributed by atoms with Crippen molar-refractivity contribution in [2.45, 2.75) is 0 Å². The number of hydrogen-bond donors (Lipinski definition) is 2. The van der Waals surface area contributed by atoms with Gasteiger partial charge in [0.2, 0.25) is 0 Å². The van der Waals surface area contributed by atoms with Crippen molar-refractivity contribution in [3.63, 3.8) is 0 Å². The van der Waals surface area contributed by atoms with Gasteiger partial charge in [-0.3, -0.25) is 4.79 Å². The van der Waals surface area contributed by atoms with Crippen LogP contribution in [0.25, 0.3) is 0 Å². The molecule has 78 valence electrons. The Labute approximate surface area is 84.8 Å². The molecule has 3 N–H and O–H groups in total. The van der Waals surface area contributed by atoms with Gasteiger partial charge in [0.1, 0.15) is 11.5 Å². The molecule has 0 saturated heterocycles. The Morgan fingerprint density at radius 3 is 2.27 bits per heavy atom. The van der Waals surface area contributed by atoms with Gasteiger partial charge in [-0.25, -0.2) is 9.18 Å². The lowest BCUT2D eigenvalue weighted by molar-refractivity contribution is -0.132. The molecule has 1 aromatic rings. The Balaban J connectivity index is 2.91. The third-order valence-electron chi connectivity index (χ3n) is 1.66. The number of carboxylic acid groups (broad SMARTS) is 1. The summed E-state index contributed by atoms with van der Waals surface area (Å²) in [7, 11) is 0. The van der Waals surface area contributed by atoms with E-state index in [2.05, 4.69) is 0 Å². The van der Waals surface area contributed by atoms with Crippen molar-refractivity contribution < 1.29 is 19.1 Å². The second-order valence-electron chi connectivity index (χ2n) is 2.78. The summed E-state index contributed by atoms with van der Waals surface area (Å²) in [5, 5.41) is 8.42. The molecule has 5 heteroatoms. The summed E-state index contributed by atoms with van der Waals surface area (Å²) < 4.78 is 12.5. The zero-order valence-electron chi connectivity index (χ0n) is 7.61. The third-order valence-corrected chi connectivity index (χ3v) is 1.66. The summed E-state index contributed by atoms with van der Waals surface area (Å²) in [6, 6.07) is 4.72. The van der Waals surface area contributed by atoms with Gasteiger partial charge in [-0.1, -0.05) is 0 Å². The molecule has 0 spiro atoms. The summed E-state index contributed by atoms with van der Waals surface area (Å²) in [6.07, 6.45) is 0.787. The third kappa shape index (κ3) is 2.91. The standard InChI is InChI=1S/C10H8FNO3/c11-7-3-1-6(2-4-7)9(13)5-8(12)10(14)15/h1-5H,12H2,(H,14,15). The molecule has 0 bridgehead atoms. The summed E-state index contributed by atoms with van der Waals surface area (Å²) in [6.45, 7) is 0. The van der Waals surface area contributed by atoms with Crippen LogP contribution in [0.5, 0.6) is 0 Å². The van der Waals surface area contributed by atoms with Crippen LogP contribution in [0.1, 0.15) is 10.4 Å². The normalized spacial score (nSPS) is 11.1. The second kappa shape index (κ2) is 4.36. The van der Waals surface area contributed by atoms with E-state index in [4.69, 9.17) is 10.8 Å². The van der Waals surface area contributed by atoms with E-state index in [-0.39, 0.29) is 5.56 Å². The van der Waals surface area contributed by atoms with E-state index in [1.54, 1.807) is 0 Å². The minimum atomic E-state index is -1.37. The molecule has 0 aromatic heterocycles. The topological polar surface area (TPSA) is 80.4 Å². The molecule has 0 amide bonds. The van der Waals surface area contributed by atoms with Crippen molar-refractivity contribution >= 4 is 11.8 Å². The predicted molar refractivity (Wildman–Crippen MR) is 50.6 cm³/mol. The summed E-state index contributed by atoms with van der Waals surface area (Å²) >= 11 is 0. The summed E-state index contributed by atoms with van der Waals surface area (Å²) in [5.74, 6) is -2.41. The lowest BCUT2D eigenvalue weighted by Crippen LogP contribution is -2.12. The number of allylic oxidation sites excluding steroid dienone is 1. The van der Waals surface area contributed by atoms with Gasteiger partial charge in [-0.05, 0) is 24.3 Å². The number of hydrogen-bond acceptors (Lipinski definition) is 3. The number of carbonyl (C=O) groups is 2. The van der Waals surface area contributed by atoms with E-state index in [1.165, 1.54) is 12.1 Å². The van der Waals surface area contributed by atoms with Gasteiger partial charge in [0.25, 0.3) is 0 Å². The van der Waals surface area contributed by atoms with Crippen molar-refractivity contribution in [1.29, 1.82) is 0 Å². The molecule has 0 aliphatic heterocycles. The molecule has 0 saturated carbocycles. The highest BCUT2D eigenvalue weighted by Crippen LogP contribution is 2.05. The highest BCUT2D eigenvalue weighted by molar-refractivity contribution is 6.08. The number of nitrogens with two attached hydrogens (primary N) is 1. The van der Waals surface area contributed by atoms with Crippen molar-refractivity contribution in [3.8, 4) is 0 Å². The first-order valence-corrected chi connectivity index (χ1v) is 4.01. The SMILES string of the molecule is NC(=CC(=O)c1ccc(F)cc1)C(=O)O. The molecule has 1 aromatic carbocycles. The maximum atomic E-state index is 12.5. The van der Waals surface area contributed by atoms with Gasteiger partial charge in [0.05, 0.1) is 0 Å². The molecule has 0 fully saturated rings. The molecule has 4 nitrogen and oxygen atoms in total. The van der Waals surface area contributed by atoms with Gasteiger partial charge in [-0.15, -0.1) is 0 Å². The Bertz CT molecular complexity index is 423. The molecule has 1 rings (SSSR count). The van der Waals surface area contributed by atoms with Crippen LogP contribution in [0.3, 0.4) is 0 Å².